The minimum Gasteiger partial charge on any atom is -0.245 e. The predicted octanol–water partition coefficient (Wildman–Crippen LogP) is 5.91. The summed E-state index contributed by atoms with van der Waals surface area (Å²) in [6.07, 6.45) is 1.70. The van der Waals surface area contributed by atoms with E-state index >= 15 is 0 Å². The highest BCUT2D eigenvalue weighted by molar-refractivity contribution is 6.75. The van der Waals surface area contributed by atoms with Crippen LogP contribution in [0.15, 0.2) is 0 Å². The summed E-state index contributed by atoms with van der Waals surface area (Å²) in [5.41, 5.74) is -0.0239. The number of unbranched alkanes of at least 4 members (excludes halogenated alkanes) is 1. The van der Waals surface area contributed by atoms with Crippen LogP contribution >= 0.6 is 92.8 Å². The quantitative estimate of drug-likeness (QED) is 0.543. The molecule has 0 atom stereocenters. The molecule has 0 unspecified atom stereocenters. The fraction of sp³-hybridized carbons (Fsp3) is 0.778. The van der Waals surface area contributed by atoms with Crippen molar-refractivity contribution in [3.63, 3.8) is 0 Å². The van der Waals surface area contributed by atoms with Crippen LogP contribution in [0.4, 0.5) is 0 Å². The summed E-state index contributed by atoms with van der Waals surface area (Å²) in [6, 6.07) is 0. The molecule has 0 aliphatic rings. The Kier molecular flexibility index (Phi) is 6.75. The second-order valence-corrected chi connectivity index (χ2v) is 9.82. The lowest BCUT2D eigenvalue weighted by atomic mass is 10.2. The summed E-state index contributed by atoms with van der Waals surface area (Å²) < 4.78 is -4.56. The topological polar surface area (TPSA) is 30.7 Å². The van der Waals surface area contributed by atoms with E-state index in [4.69, 9.17) is 92.8 Å². The van der Waals surface area contributed by atoms with Crippen molar-refractivity contribution in [2.45, 2.75) is 38.2 Å². The van der Waals surface area contributed by atoms with E-state index in [0.717, 1.165) is 12.8 Å². The lowest BCUT2D eigenvalue weighted by Crippen LogP contribution is -2.31. The molecule has 3 nitrogen and oxygen atoms in total. The van der Waals surface area contributed by atoms with E-state index in [9.17, 15) is 0 Å². The highest BCUT2D eigenvalue weighted by Crippen LogP contribution is 2.55. The zero-order valence-electron chi connectivity index (χ0n) is 9.99. The first kappa shape index (κ1) is 19.5. The SMILES string of the molecule is CCCCn1nnc(C(Cl)(Cl)C(Cl)(Cl)Cl)c1C(Cl)(Cl)Cl. The van der Waals surface area contributed by atoms with Crippen molar-refractivity contribution in [3.8, 4) is 0 Å². The fourth-order valence-electron chi connectivity index (χ4n) is 1.40. The average Bonchev–Trinajstić information content (AvgIpc) is 2.68. The van der Waals surface area contributed by atoms with Gasteiger partial charge in [0.15, 0.2) is 0 Å². The summed E-state index contributed by atoms with van der Waals surface area (Å²) in [5.74, 6) is 0. The normalized spacial score (nSPS) is 13.8. The predicted molar refractivity (Wildman–Crippen MR) is 87.8 cm³/mol. The van der Waals surface area contributed by atoms with Crippen LogP contribution in [-0.2, 0) is 14.7 Å². The van der Waals surface area contributed by atoms with Crippen LogP contribution in [0, 0.1) is 0 Å². The van der Waals surface area contributed by atoms with Crippen LogP contribution in [0.2, 0.25) is 0 Å². The van der Waals surface area contributed by atoms with Crippen LogP contribution in [0.25, 0.3) is 0 Å². The Morgan fingerprint density at radius 3 is 1.95 bits per heavy atom. The lowest BCUT2D eigenvalue weighted by Gasteiger charge is -2.27. The molecule has 0 N–H and O–H groups in total. The number of hydrogen-bond acceptors (Lipinski definition) is 2. The molecule has 0 saturated heterocycles. The van der Waals surface area contributed by atoms with Gasteiger partial charge in [-0.1, -0.05) is 111 Å². The average molecular weight is 443 g/mol. The Labute approximate surface area is 156 Å². The zero-order valence-corrected chi connectivity index (χ0v) is 16.0. The molecule has 0 radical (unpaired) electrons. The Balaban J connectivity index is 3.38. The van der Waals surface area contributed by atoms with E-state index < -0.39 is 11.9 Å². The first-order chi connectivity index (χ1) is 8.93. The first-order valence-electron chi connectivity index (χ1n) is 5.38. The number of aryl methyl sites for hydroxylation is 1. The fourth-order valence-corrected chi connectivity index (χ4v) is 2.49. The van der Waals surface area contributed by atoms with E-state index in [1.807, 2.05) is 6.92 Å². The summed E-state index contributed by atoms with van der Waals surface area (Å²) in [5, 5.41) is 7.68. The van der Waals surface area contributed by atoms with Gasteiger partial charge in [-0.3, -0.25) is 0 Å². The molecular formula is C9H9Cl8N3. The van der Waals surface area contributed by atoms with Gasteiger partial charge in [0, 0.05) is 6.54 Å². The molecule has 0 saturated carbocycles. The van der Waals surface area contributed by atoms with Crippen molar-refractivity contribution in [2.75, 3.05) is 0 Å². The van der Waals surface area contributed by atoms with Gasteiger partial charge in [-0.05, 0) is 6.42 Å². The smallest absolute Gasteiger partial charge is 0.234 e. The third kappa shape index (κ3) is 4.26. The minimum absolute atomic E-state index is 0.0762. The van der Waals surface area contributed by atoms with Crippen LogP contribution < -0.4 is 0 Å². The third-order valence-electron chi connectivity index (χ3n) is 2.38. The van der Waals surface area contributed by atoms with E-state index in [-0.39, 0.29) is 11.4 Å². The van der Waals surface area contributed by atoms with Crippen molar-refractivity contribution in [2.24, 2.45) is 0 Å². The molecule has 1 heterocycles. The molecule has 1 rings (SSSR count). The molecule has 1 aromatic rings. The second kappa shape index (κ2) is 6.92. The monoisotopic (exact) mass is 439 g/mol. The van der Waals surface area contributed by atoms with Gasteiger partial charge < -0.3 is 0 Å². The van der Waals surface area contributed by atoms with E-state index in [2.05, 4.69) is 10.3 Å². The molecule has 0 amide bonds. The Morgan fingerprint density at radius 2 is 1.55 bits per heavy atom. The summed E-state index contributed by atoms with van der Waals surface area (Å²) in [4.78, 5) is 0. The molecule has 11 heteroatoms. The Bertz CT molecular complexity index is 459. The molecule has 116 valence electrons. The Morgan fingerprint density at radius 1 is 1.00 bits per heavy atom. The molecule has 0 aromatic carbocycles. The molecule has 0 fully saturated rings. The van der Waals surface area contributed by atoms with Crippen LogP contribution in [0.5, 0.6) is 0 Å². The molecule has 0 bridgehead atoms. The number of hydrogen-bond donors (Lipinski definition) is 0. The molecule has 0 spiro atoms. The van der Waals surface area contributed by atoms with Gasteiger partial charge in [0.1, 0.15) is 11.4 Å². The number of aromatic nitrogens is 3. The zero-order chi connectivity index (χ0) is 15.8. The minimum atomic E-state index is -2.08. The van der Waals surface area contributed by atoms with Gasteiger partial charge in [0.2, 0.25) is 11.9 Å². The number of halogens is 8. The molecule has 1 aromatic heterocycles. The van der Waals surface area contributed by atoms with Crippen molar-refractivity contribution < 1.29 is 0 Å². The second-order valence-electron chi connectivity index (χ2n) is 3.93. The molecular weight excluding hydrogens is 434 g/mol. The Hall–Kier alpha value is 1.46. The van der Waals surface area contributed by atoms with Gasteiger partial charge in [-0.15, -0.1) is 5.10 Å². The van der Waals surface area contributed by atoms with Gasteiger partial charge in [-0.2, -0.15) is 0 Å². The largest absolute Gasteiger partial charge is 0.245 e. The van der Waals surface area contributed by atoms with Crippen molar-refractivity contribution >= 4 is 92.8 Å². The summed E-state index contributed by atoms with van der Waals surface area (Å²) >= 11 is 47.2. The van der Waals surface area contributed by atoms with Gasteiger partial charge in [0.05, 0.1) is 0 Å². The van der Waals surface area contributed by atoms with Gasteiger partial charge in [0.25, 0.3) is 0 Å². The van der Waals surface area contributed by atoms with Crippen molar-refractivity contribution in [1.29, 1.82) is 0 Å². The van der Waals surface area contributed by atoms with Crippen molar-refractivity contribution in [1.82, 2.24) is 15.0 Å². The number of nitrogens with zero attached hydrogens (tertiary/aromatic N) is 3. The number of rotatable bonds is 4. The van der Waals surface area contributed by atoms with E-state index in [0.29, 0.717) is 6.54 Å². The lowest BCUT2D eigenvalue weighted by molar-refractivity contribution is 0.535. The van der Waals surface area contributed by atoms with Crippen LogP contribution in [0.1, 0.15) is 31.2 Å². The standard InChI is InChI=1S/C9H9Cl8N3/c1-2-3-4-20-6(8(12,13)14)5(18-19-20)7(10,11)9(15,16)17/h2-4H2,1H3. The maximum atomic E-state index is 6.07. The molecule has 0 aliphatic heterocycles. The molecule has 20 heavy (non-hydrogen) atoms. The number of alkyl halides is 8. The highest BCUT2D eigenvalue weighted by Gasteiger charge is 2.53. The summed E-state index contributed by atoms with van der Waals surface area (Å²) in [6.45, 7) is 2.47. The van der Waals surface area contributed by atoms with E-state index in [1.165, 1.54) is 4.68 Å². The molecule has 0 aliphatic carbocycles. The first-order valence-corrected chi connectivity index (χ1v) is 8.41. The van der Waals surface area contributed by atoms with Gasteiger partial charge in [-0.25, -0.2) is 4.68 Å². The third-order valence-corrected chi connectivity index (χ3v) is 5.27. The summed E-state index contributed by atoms with van der Waals surface area (Å²) in [7, 11) is 0. The van der Waals surface area contributed by atoms with E-state index in [1.54, 1.807) is 0 Å². The highest BCUT2D eigenvalue weighted by atomic mass is 35.6. The van der Waals surface area contributed by atoms with Gasteiger partial charge >= 0.3 is 0 Å². The maximum Gasteiger partial charge on any atom is 0.234 e. The van der Waals surface area contributed by atoms with Crippen LogP contribution in [-0.4, -0.2) is 18.8 Å². The van der Waals surface area contributed by atoms with Crippen LogP contribution in [0.3, 0.4) is 0 Å². The van der Waals surface area contributed by atoms with Crippen molar-refractivity contribution in [3.05, 3.63) is 11.4 Å². The maximum absolute atomic E-state index is 6.07.